The Labute approximate surface area is 120 Å². The van der Waals surface area contributed by atoms with Crippen molar-refractivity contribution in [1.82, 2.24) is 0 Å². The highest BCUT2D eigenvalue weighted by atomic mass is 35.5. The van der Waals surface area contributed by atoms with Crippen molar-refractivity contribution >= 4 is 17.4 Å². The van der Waals surface area contributed by atoms with Crippen LogP contribution >= 0.6 is 11.6 Å². The lowest BCUT2D eigenvalue weighted by molar-refractivity contribution is 0.0846. The van der Waals surface area contributed by atoms with Gasteiger partial charge in [-0.15, -0.1) is 11.6 Å². The van der Waals surface area contributed by atoms with Crippen LogP contribution in [0.5, 0.6) is 5.75 Å². The van der Waals surface area contributed by atoms with Crippen molar-refractivity contribution in [1.29, 1.82) is 0 Å². The van der Waals surface area contributed by atoms with E-state index in [-0.39, 0.29) is 11.4 Å². The Balaban J connectivity index is 2.07. The zero-order chi connectivity index (χ0) is 13.9. The number of hydrogen-bond acceptors (Lipinski definition) is 2. The summed E-state index contributed by atoms with van der Waals surface area (Å²) in [6, 6.07) is 5.81. The third-order valence-corrected chi connectivity index (χ3v) is 3.82. The first-order valence-corrected chi connectivity index (χ1v) is 7.46. The molecule has 104 valence electrons. The summed E-state index contributed by atoms with van der Waals surface area (Å²) in [4.78, 5) is 12.0. The molecule has 0 radical (unpaired) electrons. The molecular weight excluding hydrogens is 260 g/mol. The summed E-state index contributed by atoms with van der Waals surface area (Å²) in [5.41, 5.74) is 1.86. The lowest BCUT2D eigenvalue weighted by Crippen LogP contribution is -2.32. The Morgan fingerprint density at radius 1 is 1.37 bits per heavy atom. The van der Waals surface area contributed by atoms with Crippen LogP contribution in [0.4, 0.5) is 0 Å². The van der Waals surface area contributed by atoms with Crippen molar-refractivity contribution in [2.75, 3.05) is 5.88 Å². The van der Waals surface area contributed by atoms with E-state index in [0.29, 0.717) is 12.3 Å². The maximum absolute atomic E-state index is 12.0. The zero-order valence-electron chi connectivity index (χ0n) is 11.7. The number of carbonyl (C=O) groups excluding carboxylic acids is 1. The summed E-state index contributed by atoms with van der Waals surface area (Å²) in [5, 5.41) is 0. The lowest BCUT2D eigenvalue weighted by Gasteiger charge is -2.32. The Morgan fingerprint density at radius 2 is 2.16 bits per heavy atom. The van der Waals surface area contributed by atoms with Gasteiger partial charge in [0.05, 0.1) is 0 Å². The number of aryl methyl sites for hydroxylation is 1. The molecule has 0 spiro atoms. The number of ketones is 1. The number of unbranched alkanes of at least 4 members (excludes halogenated alkanes) is 1. The van der Waals surface area contributed by atoms with Gasteiger partial charge in [-0.1, -0.05) is 0 Å². The minimum Gasteiger partial charge on any atom is -0.488 e. The molecule has 0 fully saturated rings. The second-order valence-corrected chi connectivity index (χ2v) is 6.13. The third-order valence-electron chi connectivity index (χ3n) is 3.55. The van der Waals surface area contributed by atoms with Gasteiger partial charge in [0.25, 0.3) is 0 Å². The van der Waals surface area contributed by atoms with E-state index in [1.807, 2.05) is 18.2 Å². The standard InChI is InChI=1S/C16H21ClO2/c1-16(2)9-8-13-11-12(6-7-15(13)19-16)14(18)5-3-4-10-17/h6-7,11H,3-5,8-10H2,1-2H3. The van der Waals surface area contributed by atoms with Gasteiger partial charge in [0.2, 0.25) is 0 Å². The number of halogens is 1. The smallest absolute Gasteiger partial charge is 0.162 e. The summed E-state index contributed by atoms with van der Waals surface area (Å²) < 4.78 is 5.92. The summed E-state index contributed by atoms with van der Waals surface area (Å²) in [6.45, 7) is 4.20. The lowest BCUT2D eigenvalue weighted by atomic mass is 9.92. The molecule has 0 saturated carbocycles. The Morgan fingerprint density at radius 3 is 2.89 bits per heavy atom. The molecule has 0 aliphatic carbocycles. The SMILES string of the molecule is CC1(C)CCc2cc(C(=O)CCCCCl)ccc2O1. The largest absolute Gasteiger partial charge is 0.488 e. The molecule has 0 N–H and O–H groups in total. The van der Waals surface area contributed by atoms with E-state index in [9.17, 15) is 4.79 Å². The molecule has 3 heteroatoms. The molecule has 2 nitrogen and oxygen atoms in total. The van der Waals surface area contributed by atoms with Gasteiger partial charge in [-0.05, 0) is 63.3 Å². The van der Waals surface area contributed by atoms with E-state index < -0.39 is 0 Å². The zero-order valence-corrected chi connectivity index (χ0v) is 12.4. The van der Waals surface area contributed by atoms with Crippen LogP contribution < -0.4 is 4.74 Å². The van der Waals surface area contributed by atoms with Gasteiger partial charge in [0, 0.05) is 17.9 Å². The molecule has 1 aliphatic heterocycles. The summed E-state index contributed by atoms with van der Waals surface area (Å²) in [6.07, 6.45) is 4.31. The molecule has 1 aromatic carbocycles. The monoisotopic (exact) mass is 280 g/mol. The quantitative estimate of drug-likeness (QED) is 0.454. The Bertz CT molecular complexity index is 466. The summed E-state index contributed by atoms with van der Waals surface area (Å²) in [5.74, 6) is 1.76. The van der Waals surface area contributed by atoms with Crippen molar-refractivity contribution in [3.8, 4) is 5.75 Å². The van der Waals surface area contributed by atoms with E-state index >= 15 is 0 Å². The van der Waals surface area contributed by atoms with Crippen LogP contribution in [0.15, 0.2) is 18.2 Å². The van der Waals surface area contributed by atoms with E-state index in [1.54, 1.807) is 0 Å². The van der Waals surface area contributed by atoms with Gasteiger partial charge < -0.3 is 4.74 Å². The van der Waals surface area contributed by atoms with Gasteiger partial charge in [-0.2, -0.15) is 0 Å². The number of alkyl halides is 1. The molecule has 1 aromatic rings. The average molecular weight is 281 g/mol. The minimum atomic E-state index is -0.0983. The minimum absolute atomic E-state index is 0.0983. The molecule has 2 rings (SSSR count). The number of Topliss-reactive ketones (excluding diaryl/α,β-unsaturated/α-hetero) is 1. The molecule has 0 saturated heterocycles. The first-order chi connectivity index (χ1) is 9.02. The highest BCUT2D eigenvalue weighted by Gasteiger charge is 2.26. The maximum atomic E-state index is 12.0. The number of fused-ring (bicyclic) bond motifs is 1. The van der Waals surface area contributed by atoms with Crippen LogP contribution in [0, 0.1) is 0 Å². The predicted octanol–water partition coefficient (Wildman–Crippen LogP) is 4.38. The van der Waals surface area contributed by atoms with Crippen molar-refractivity contribution in [2.45, 2.75) is 51.6 Å². The van der Waals surface area contributed by atoms with Crippen LogP contribution in [0.3, 0.4) is 0 Å². The normalized spacial score (nSPS) is 16.6. The predicted molar refractivity (Wildman–Crippen MR) is 78.4 cm³/mol. The maximum Gasteiger partial charge on any atom is 0.162 e. The molecule has 0 bridgehead atoms. The average Bonchev–Trinajstić information content (AvgIpc) is 2.37. The van der Waals surface area contributed by atoms with Gasteiger partial charge in [-0.3, -0.25) is 4.79 Å². The number of benzene rings is 1. The van der Waals surface area contributed by atoms with Gasteiger partial charge in [0.15, 0.2) is 5.78 Å². The van der Waals surface area contributed by atoms with Crippen LogP contribution in [-0.2, 0) is 6.42 Å². The fourth-order valence-corrected chi connectivity index (χ4v) is 2.55. The highest BCUT2D eigenvalue weighted by Crippen LogP contribution is 2.33. The van der Waals surface area contributed by atoms with Crippen molar-refractivity contribution in [2.24, 2.45) is 0 Å². The topological polar surface area (TPSA) is 26.3 Å². The van der Waals surface area contributed by atoms with Crippen LogP contribution in [0.25, 0.3) is 0 Å². The van der Waals surface area contributed by atoms with Crippen LogP contribution in [-0.4, -0.2) is 17.3 Å². The fraction of sp³-hybridized carbons (Fsp3) is 0.562. The summed E-state index contributed by atoms with van der Waals surface area (Å²) in [7, 11) is 0. The number of hydrogen-bond donors (Lipinski definition) is 0. The Hall–Kier alpha value is -1.02. The van der Waals surface area contributed by atoms with E-state index in [4.69, 9.17) is 16.3 Å². The van der Waals surface area contributed by atoms with Crippen LogP contribution in [0.1, 0.15) is 55.5 Å². The third kappa shape index (κ3) is 3.73. The van der Waals surface area contributed by atoms with Gasteiger partial charge >= 0.3 is 0 Å². The van der Waals surface area contributed by atoms with Gasteiger partial charge in [-0.25, -0.2) is 0 Å². The van der Waals surface area contributed by atoms with Crippen LogP contribution in [0.2, 0.25) is 0 Å². The van der Waals surface area contributed by atoms with Crippen molar-refractivity contribution in [3.63, 3.8) is 0 Å². The molecule has 0 aromatic heterocycles. The van der Waals surface area contributed by atoms with Crippen molar-refractivity contribution in [3.05, 3.63) is 29.3 Å². The molecule has 1 heterocycles. The molecule has 1 aliphatic rings. The molecule has 0 atom stereocenters. The molecule has 19 heavy (non-hydrogen) atoms. The Kier molecular flexibility index (Phi) is 4.51. The second kappa shape index (κ2) is 5.96. The molecule has 0 amide bonds. The number of ether oxygens (including phenoxy) is 1. The fourth-order valence-electron chi connectivity index (χ4n) is 2.36. The van der Waals surface area contributed by atoms with E-state index in [0.717, 1.165) is 42.6 Å². The summed E-state index contributed by atoms with van der Waals surface area (Å²) >= 11 is 5.62. The van der Waals surface area contributed by atoms with E-state index in [1.165, 1.54) is 0 Å². The molecular formula is C16H21ClO2. The first kappa shape index (κ1) is 14.4. The highest BCUT2D eigenvalue weighted by molar-refractivity contribution is 6.17. The molecule has 0 unspecified atom stereocenters. The number of carbonyl (C=O) groups is 1. The van der Waals surface area contributed by atoms with Gasteiger partial charge in [0.1, 0.15) is 11.4 Å². The van der Waals surface area contributed by atoms with Crippen molar-refractivity contribution < 1.29 is 9.53 Å². The first-order valence-electron chi connectivity index (χ1n) is 6.93. The number of rotatable bonds is 5. The van der Waals surface area contributed by atoms with E-state index in [2.05, 4.69) is 13.8 Å². The second-order valence-electron chi connectivity index (χ2n) is 5.75.